The zero-order valence-electron chi connectivity index (χ0n) is 16.3. The predicted molar refractivity (Wildman–Crippen MR) is 110 cm³/mol. The topological polar surface area (TPSA) is 138 Å². The lowest BCUT2D eigenvalue weighted by atomic mass is 10.2. The highest BCUT2D eigenvalue weighted by atomic mass is 16.7. The van der Waals surface area contributed by atoms with E-state index in [0.29, 0.717) is 28.4 Å². The molecule has 0 saturated carbocycles. The molecular formula is C20H17N5O6. The number of nitro groups is 1. The van der Waals surface area contributed by atoms with Gasteiger partial charge in [-0.05, 0) is 37.3 Å². The number of anilines is 4. The van der Waals surface area contributed by atoms with Crippen LogP contribution in [0.1, 0.15) is 17.3 Å². The van der Waals surface area contributed by atoms with Gasteiger partial charge in [-0.3, -0.25) is 10.1 Å². The normalized spacial score (nSPS) is 11.6. The van der Waals surface area contributed by atoms with Crippen LogP contribution in [-0.4, -0.2) is 34.3 Å². The molecule has 11 heteroatoms. The lowest BCUT2D eigenvalue weighted by Crippen LogP contribution is -2.07. The second kappa shape index (κ2) is 8.53. The van der Waals surface area contributed by atoms with E-state index >= 15 is 0 Å². The Morgan fingerprint density at radius 3 is 2.52 bits per heavy atom. The van der Waals surface area contributed by atoms with E-state index in [9.17, 15) is 14.9 Å². The molecule has 0 radical (unpaired) electrons. The molecule has 2 heterocycles. The van der Waals surface area contributed by atoms with Crippen molar-refractivity contribution in [2.24, 2.45) is 0 Å². The van der Waals surface area contributed by atoms with Crippen LogP contribution in [0.15, 0.2) is 48.8 Å². The Kier molecular flexibility index (Phi) is 5.47. The summed E-state index contributed by atoms with van der Waals surface area (Å²) in [7, 11) is 0. The molecule has 1 aromatic heterocycles. The van der Waals surface area contributed by atoms with E-state index in [2.05, 4.69) is 20.6 Å². The molecule has 0 spiro atoms. The number of fused-ring (bicyclic) bond motifs is 1. The van der Waals surface area contributed by atoms with Gasteiger partial charge in [-0.2, -0.15) is 0 Å². The fourth-order valence-corrected chi connectivity index (χ4v) is 2.92. The van der Waals surface area contributed by atoms with Crippen molar-refractivity contribution < 1.29 is 23.9 Å². The van der Waals surface area contributed by atoms with Gasteiger partial charge in [0.2, 0.25) is 18.4 Å². The first-order valence-corrected chi connectivity index (χ1v) is 9.25. The largest absolute Gasteiger partial charge is 0.462 e. The van der Waals surface area contributed by atoms with Crippen LogP contribution < -0.4 is 20.1 Å². The summed E-state index contributed by atoms with van der Waals surface area (Å²) >= 11 is 0. The third-order valence-electron chi connectivity index (χ3n) is 4.28. The summed E-state index contributed by atoms with van der Waals surface area (Å²) in [6.45, 7) is 2.06. The molecule has 1 aliphatic heterocycles. The number of benzene rings is 2. The molecule has 31 heavy (non-hydrogen) atoms. The Hall–Kier alpha value is -4.41. The summed E-state index contributed by atoms with van der Waals surface area (Å²) in [4.78, 5) is 31.2. The van der Waals surface area contributed by atoms with Gasteiger partial charge in [0.1, 0.15) is 6.33 Å². The summed E-state index contributed by atoms with van der Waals surface area (Å²) in [6, 6.07) is 11.4. The number of hydrogen-bond acceptors (Lipinski definition) is 10. The predicted octanol–water partition coefficient (Wildman–Crippen LogP) is 3.78. The SMILES string of the molecule is CCOC(=O)c1cccc(Nc2ncnc(Nc3ccc4c(c3)OCO4)c2[N+](=O)[O-])c1. The van der Waals surface area contributed by atoms with E-state index in [4.69, 9.17) is 14.2 Å². The van der Waals surface area contributed by atoms with Gasteiger partial charge in [0.25, 0.3) is 0 Å². The van der Waals surface area contributed by atoms with Gasteiger partial charge in [0.15, 0.2) is 11.5 Å². The Labute approximate surface area is 176 Å². The van der Waals surface area contributed by atoms with Gasteiger partial charge in [0, 0.05) is 17.4 Å². The van der Waals surface area contributed by atoms with Crippen molar-refractivity contribution in [2.45, 2.75) is 6.92 Å². The van der Waals surface area contributed by atoms with Crippen molar-refractivity contribution in [3.8, 4) is 11.5 Å². The molecule has 2 aromatic carbocycles. The fraction of sp³-hybridized carbons (Fsp3) is 0.150. The van der Waals surface area contributed by atoms with E-state index < -0.39 is 10.9 Å². The zero-order chi connectivity index (χ0) is 21.8. The molecule has 0 amide bonds. The van der Waals surface area contributed by atoms with E-state index in [-0.39, 0.29) is 30.7 Å². The van der Waals surface area contributed by atoms with E-state index in [1.807, 2.05) is 0 Å². The Balaban J connectivity index is 1.63. The molecule has 0 saturated heterocycles. The maximum Gasteiger partial charge on any atom is 0.353 e. The number of carbonyl (C=O) groups is 1. The summed E-state index contributed by atoms with van der Waals surface area (Å²) in [5, 5.41) is 17.6. The maximum absolute atomic E-state index is 11.9. The average molecular weight is 423 g/mol. The monoisotopic (exact) mass is 423 g/mol. The summed E-state index contributed by atoms with van der Waals surface area (Å²) < 4.78 is 15.6. The molecule has 4 rings (SSSR count). The lowest BCUT2D eigenvalue weighted by molar-refractivity contribution is -0.383. The first-order valence-electron chi connectivity index (χ1n) is 9.25. The number of hydrogen-bond donors (Lipinski definition) is 2. The van der Waals surface area contributed by atoms with Crippen LogP contribution in [0.3, 0.4) is 0 Å². The summed E-state index contributed by atoms with van der Waals surface area (Å²) in [6.07, 6.45) is 1.19. The van der Waals surface area contributed by atoms with Crippen molar-refractivity contribution in [3.63, 3.8) is 0 Å². The number of rotatable bonds is 7. The molecule has 158 valence electrons. The van der Waals surface area contributed by atoms with Gasteiger partial charge in [-0.25, -0.2) is 14.8 Å². The van der Waals surface area contributed by atoms with Gasteiger partial charge in [-0.15, -0.1) is 0 Å². The van der Waals surface area contributed by atoms with Crippen molar-refractivity contribution in [1.82, 2.24) is 9.97 Å². The Bertz CT molecular complexity index is 1150. The third-order valence-corrected chi connectivity index (χ3v) is 4.28. The Morgan fingerprint density at radius 1 is 1.10 bits per heavy atom. The second-order valence-corrected chi connectivity index (χ2v) is 6.30. The van der Waals surface area contributed by atoms with Gasteiger partial charge >= 0.3 is 11.7 Å². The van der Waals surface area contributed by atoms with Gasteiger partial charge in [0.05, 0.1) is 17.1 Å². The number of esters is 1. The molecule has 0 aliphatic carbocycles. The quantitative estimate of drug-likeness (QED) is 0.328. The number of carbonyl (C=O) groups excluding carboxylic acids is 1. The maximum atomic E-state index is 11.9. The second-order valence-electron chi connectivity index (χ2n) is 6.30. The zero-order valence-corrected chi connectivity index (χ0v) is 16.3. The lowest BCUT2D eigenvalue weighted by Gasteiger charge is -2.11. The van der Waals surface area contributed by atoms with Crippen molar-refractivity contribution in [1.29, 1.82) is 0 Å². The smallest absolute Gasteiger partial charge is 0.353 e. The number of aromatic nitrogens is 2. The molecule has 1 aliphatic rings. The number of nitrogens with zero attached hydrogens (tertiary/aromatic N) is 3. The van der Waals surface area contributed by atoms with Crippen molar-refractivity contribution >= 4 is 34.7 Å². The highest BCUT2D eigenvalue weighted by Crippen LogP contribution is 2.37. The first kappa shape index (κ1) is 19.9. The summed E-state index contributed by atoms with van der Waals surface area (Å²) in [5.41, 5.74) is 0.909. The highest BCUT2D eigenvalue weighted by molar-refractivity contribution is 5.91. The number of nitrogens with one attached hydrogen (secondary N) is 2. The molecule has 0 atom stereocenters. The highest BCUT2D eigenvalue weighted by Gasteiger charge is 2.24. The Morgan fingerprint density at radius 2 is 1.81 bits per heavy atom. The van der Waals surface area contributed by atoms with Crippen molar-refractivity contribution in [2.75, 3.05) is 24.0 Å². The van der Waals surface area contributed by atoms with Crippen molar-refractivity contribution in [3.05, 3.63) is 64.5 Å². The van der Waals surface area contributed by atoms with Gasteiger partial charge < -0.3 is 24.8 Å². The third kappa shape index (κ3) is 4.29. The minimum absolute atomic E-state index is 0.0112. The van der Waals surface area contributed by atoms with E-state index in [1.165, 1.54) is 12.4 Å². The number of ether oxygens (including phenoxy) is 3. The van der Waals surface area contributed by atoms with Crippen LogP contribution in [0.2, 0.25) is 0 Å². The molecule has 0 bridgehead atoms. The molecule has 3 aromatic rings. The van der Waals surface area contributed by atoms with Crippen LogP contribution in [-0.2, 0) is 4.74 Å². The van der Waals surface area contributed by atoms with E-state index in [0.717, 1.165) is 0 Å². The van der Waals surface area contributed by atoms with Crippen LogP contribution in [0.25, 0.3) is 0 Å². The molecule has 2 N–H and O–H groups in total. The minimum Gasteiger partial charge on any atom is -0.462 e. The fourth-order valence-electron chi connectivity index (χ4n) is 2.92. The van der Waals surface area contributed by atoms with E-state index in [1.54, 1.807) is 43.3 Å². The van der Waals surface area contributed by atoms with Crippen LogP contribution >= 0.6 is 0 Å². The van der Waals surface area contributed by atoms with Gasteiger partial charge in [-0.1, -0.05) is 6.07 Å². The molecular weight excluding hydrogens is 406 g/mol. The van der Waals surface area contributed by atoms with Crippen LogP contribution in [0.5, 0.6) is 11.5 Å². The minimum atomic E-state index is -0.590. The first-order chi connectivity index (χ1) is 15.0. The molecule has 0 unspecified atom stereocenters. The van der Waals surface area contributed by atoms with Crippen LogP contribution in [0.4, 0.5) is 28.7 Å². The molecule has 0 fully saturated rings. The summed E-state index contributed by atoms with van der Waals surface area (Å²) in [5.74, 6) is 0.572. The average Bonchev–Trinajstić information content (AvgIpc) is 3.22. The van der Waals surface area contributed by atoms with Crippen LogP contribution in [0, 0.1) is 10.1 Å². The standard InChI is InChI=1S/C20H17N5O6/c1-2-29-20(26)12-4-3-5-13(8-12)23-18-17(25(27)28)19(22-10-21-18)24-14-6-7-15-16(9-14)31-11-30-15/h3-10H,2,11H2,1H3,(H2,21,22,23,24). The molecule has 11 nitrogen and oxygen atoms in total.